The van der Waals surface area contributed by atoms with Gasteiger partial charge in [0, 0.05) is 41.9 Å². The maximum Gasteiger partial charge on any atom is 0.287 e. The zero-order valence-corrected chi connectivity index (χ0v) is 16.6. The first-order valence-corrected chi connectivity index (χ1v) is 9.35. The number of halogens is 2. The summed E-state index contributed by atoms with van der Waals surface area (Å²) in [6.45, 7) is 1.59. The number of nitrogens with one attached hydrogen (secondary N) is 3. The highest BCUT2D eigenvalue weighted by atomic mass is 35.5. The third-order valence-corrected chi connectivity index (χ3v) is 4.16. The van der Waals surface area contributed by atoms with E-state index in [0.717, 1.165) is 5.56 Å². The van der Waals surface area contributed by atoms with Crippen LogP contribution in [0.4, 0.5) is 23.3 Å². The number of aromatic nitrogens is 3. The third-order valence-electron chi connectivity index (χ3n) is 3.72. The monoisotopic (exact) mass is 433 g/mol. The fraction of sp³-hybridized carbons (Fsp3) is 0.167. The first-order chi connectivity index (χ1) is 14.0. The number of rotatable bonds is 9. The van der Waals surface area contributed by atoms with Crippen LogP contribution in [0, 0.1) is 10.1 Å². The van der Waals surface area contributed by atoms with Crippen molar-refractivity contribution < 1.29 is 4.92 Å². The summed E-state index contributed by atoms with van der Waals surface area (Å²) in [7, 11) is 0. The Morgan fingerprint density at radius 1 is 0.931 bits per heavy atom. The van der Waals surface area contributed by atoms with Crippen LogP contribution in [0.3, 0.4) is 0 Å². The molecule has 0 bridgehead atoms. The molecule has 9 nitrogen and oxygen atoms in total. The number of nitrogens with zero attached hydrogens (tertiary/aromatic N) is 4. The minimum Gasteiger partial charge on any atom is -0.368 e. The standard InChI is InChI=1S/C18H17Cl2N7O2/c19-13-7-12(8-14(20)9-13)10-24-17-3-4-22-18(26-17)23-6-5-21-16-2-1-15(11-25-16)27(28)29/h1-4,7-9,11H,5-6,10H2,(H,21,25)(H2,22,23,24,26). The van der Waals surface area contributed by atoms with Crippen LogP contribution in [-0.2, 0) is 6.54 Å². The van der Waals surface area contributed by atoms with Gasteiger partial charge in [-0.05, 0) is 35.9 Å². The molecule has 3 rings (SSSR count). The molecule has 0 aliphatic carbocycles. The van der Waals surface area contributed by atoms with E-state index < -0.39 is 4.92 Å². The van der Waals surface area contributed by atoms with Crippen molar-refractivity contribution in [1.82, 2.24) is 15.0 Å². The van der Waals surface area contributed by atoms with E-state index in [9.17, 15) is 10.1 Å². The predicted octanol–water partition coefficient (Wildman–Crippen LogP) is 4.22. The molecule has 0 radical (unpaired) electrons. The summed E-state index contributed by atoms with van der Waals surface area (Å²) in [5, 5.41) is 21.1. The SMILES string of the molecule is O=[N+]([O-])c1ccc(NCCNc2nccc(NCc3cc(Cl)cc(Cl)c3)n2)nc1. The lowest BCUT2D eigenvalue weighted by molar-refractivity contribution is -0.385. The minimum atomic E-state index is -0.488. The molecular weight excluding hydrogens is 417 g/mol. The highest BCUT2D eigenvalue weighted by Crippen LogP contribution is 2.20. The van der Waals surface area contributed by atoms with Crippen LogP contribution >= 0.6 is 23.2 Å². The lowest BCUT2D eigenvalue weighted by Crippen LogP contribution is -2.16. The summed E-state index contributed by atoms with van der Waals surface area (Å²) < 4.78 is 0. The van der Waals surface area contributed by atoms with E-state index in [1.807, 2.05) is 12.1 Å². The van der Waals surface area contributed by atoms with Crippen molar-refractivity contribution in [3.05, 3.63) is 74.5 Å². The zero-order chi connectivity index (χ0) is 20.6. The van der Waals surface area contributed by atoms with E-state index in [4.69, 9.17) is 23.2 Å². The molecule has 3 N–H and O–H groups in total. The Bertz CT molecular complexity index is 966. The van der Waals surface area contributed by atoms with Gasteiger partial charge in [0.05, 0.1) is 4.92 Å². The van der Waals surface area contributed by atoms with Crippen LogP contribution in [0.25, 0.3) is 0 Å². The molecule has 11 heteroatoms. The third kappa shape index (κ3) is 6.44. The van der Waals surface area contributed by atoms with Crippen LogP contribution < -0.4 is 16.0 Å². The molecule has 29 heavy (non-hydrogen) atoms. The van der Waals surface area contributed by atoms with Gasteiger partial charge in [-0.15, -0.1) is 0 Å². The molecule has 3 aromatic rings. The zero-order valence-electron chi connectivity index (χ0n) is 15.1. The number of benzene rings is 1. The molecule has 1 aromatic carbocycles. The van der Waals surface area contributed by atoms with Gasteiger partial charge in [-0.2, -0.15) is 4.98 Å². The second-order valence-corrected chi connectivity index (χ2v) is 6.78. The molecule has 0 aliphatic heterocycles. The molecule has 0 amide bonds. The van der Waals surface area contributed by atoms with Crippen molar-refractivity contribution in [2.24, 2.45) is 0 Å². The summed E-state index contributed by atoms with van der Waals surface area (Å²) in [5.41, 5.74) is 0.891. The maximum absolute atomic E-state index is 10.6. The first-order valence-electron chi connectivity index (χ1n) is 8.60. The van der Waals surface area contributed by atoms with E-state index in [2.05, 4.69) is 30.9 Å². The maximum atomic E-state index is 10.6. The molecule has 0 aliphatic rings. The average molecular weight is 434 g/mol. The fourth-order valence-electron chi connectivity index (χ4n) is 2.41. The highest BCUT2D eigenvalue weighted by Gasteiger charge is 2.05. The quantitative estimate of drug-likeness (QED) is 0.260. The van der Waals surface area contributed by atoms with Crippen molar-refractivity contribution in [2.45, 2.75) is 6.54 Å². The molecule has 0 spiro atoms. The van der Waals surface area contributed by atoms with Crippen molar-refractivity contribution >= 4 is 46.5 Å². The Labute approximate surface area is 176 Å². The van der Waals surface area contributed by atoms with Crippen molar-refractivity contribution in [2.75, 3.05) is 29.0 Å². The molecule has 0 saturated heterocycles. The summed E-state index contributed by atoms with van der Waals surface area (Å²) >= 11 is 12.0. The molecular formula is C18H17Cl2N7O2. The molecule has 0 fully saturated rings. The van der Waals surface area contributed by atoms with Gasteiger partial charge in [-0.3, -0.25) is 10.1 Å². The lowest BCUT2D eigenvalue weighted by atomic mass is 10.2. The van der Waals surface area contributed by atoms with Gasteiger partial charge in [-0.25, -0.2) is 9.97 Å². The second-order valence-electron chi connectivity index (χ2n) is 5.91. The van der Waals surface area contributed by atoms with E-state index >= 15 is 0 Å². The normalized spacial score (nSPS) is 10.4. The summed E-state index contributed by atoms with van der Waals surface area (Å²) in [6, 6.07) is 10.1. The summed E-state index contributed by atoms with van der Waals surface area (Å²) in [4.78, 5) is 22.7. The van der Waals surface area contributed by atoms with Crippen LogP contribution in [0.1, 0.15) is 5.56 Å². The van der Waals surface area contributed by atoms with Crippen molar-refractivity contribution in [1.29, 1.82) is 0 Å². The van der Waals surface area contributed by atoms with E-state index in [1.54, 1.807) is 24.4 Å². The van der Waals surface area contributed by atoms with E-state index in [0.29, 0.717) is 47.3 Å². The van der Waals surface area contributed by atoms with Crippen molar-refractivity contribution in [3.63, 3.8) is 0 Å². The Morgan fingerprint density at radius 3 is 2.38 bits per heavy atom. The van der Waals surface area contributed by atoms with Crippen LogP contribution in [0.2, 0.25) is 10.0 Å². The summed E-state index contributed by atoms with van der Waals surface area (Å²) in [6.07, 6.45) is 2.86. The molecule has 2 aromatic heterocycles. The van der Waals surface area contributed by atoms with Gasteiger partial charge < -0.3 is 16.0 Å². The number of hydrogen-bond acceptors (Lipinski definition) is 8. The van der Waals surface area contributed by atoms with E-state index in [1.165, 1.54) is 12.3 Å². The summed E-state index contributed by atoms with van der Waals surface area (Å²) in [5.74, 6) is 1.68. The number of nitro groups is 1. The predicted molar refractivity (Wildman–Crippen MR) is 114 cm³/mol. The van der Waals surface area contributed by atoms with Gasteiger partial charge in [0.25, 0.3) is 5.69 Å². The Kier molecular flexibility index (Phi) is 6.99. The molecule has 0 atom stereocenters. The van der Waals surface area contributed by atoms with Gasteiger partial charge in [-0.1, -0.05) is 23.2 Å². The van der Waals surface area contributed by atoms with Gasteiger partial charge >= 0.3 is 0 Å². The van der Waals surface area contributed by atoms with Crippen LogP contribution in [-0.4, -0.2) is 33.0 Å². The number of hydrogen-bond donors (Lipinski definition) is 3. The average Bonchev–Trinajstić information content (AvgIpc) is 2.70. The van der Waals surface area contributed by atoms with Gasteiger partial charge in [0.15, 0.2) is 0 Å². The van der Waals surface area contributed by atoms with Crippen LogP contribution in [0.15, 0.2) is 48.8 Å². The van der Waals surface area contributed by atoms with Crippen LogP contribution in [0.5, 0.6) is 0 Å². The molecule has 0 unspecified atom stereocenters. The van der Waals surface area contributed by atoms with Gasteiger partial charge in [0.2, 0.25) is 5.95 Å². The first kappa shape index (κ1) is 20.6. The number of pyridine rings is 1. The van der Waals surface area contributed by atoms with Gasteiger partial charge in [0.1, 0.15) is 17.8 Å². The van der Waals surface area contributed by atoms with E-state index in [-0.39, 0.29) is 5.69 Å². The Balaban J connectivity index is 1.46. The Hall–Kier alpha value is -3.17. The molecule has 2 heterocycles. The number of anilines is 3. The molecule has 0 saturated carbocycles. The lowest BCUT2D eigenvalue weighted by Gasteiger charge is -2.10. The second kappa shape index (κ2) is 9.85. The largest absolute Gasteiger partial charge is 0.368 e. The van der Waals surface area contributed by atoms with Crippen molar-refractivity contribution in [3.8, 4) is 0 Å². The fourth-order valence-corrected chi connectivity index (χ4v) is 2.98. The molecule has 150 valence electrons. The minimum absolute atomic E-state index is 0.0496. The highest BCUT2D eigenvalue weighted by molar-refractivity contribution is 6.34. The Morgan fingerprint density at radius 2 is 1.69 bits per heavy atom. The smallest absolute Gasteiger partial charge is 0.287 e. The topological polar surface area (TPSA) is 118 Å².